The van der Waals surface area contributed by atoms with E-state index in [1.165, 1.54) is 13.2 Å². The number of hydrogen-bond acceptors (Lipinski definition) is 10. The van der Waals surface area contributed by atoms with Gasteiger partial charge < -0.3 is 30.2 Å². The Morgan fingerprint density at radius 3 is 2.33 bits per heavy atom. The number of hydrogen-bond donors (Lipinski definition) is 3. The molecule has 13 nitrogen and oxygen atoms in total. The van der Waals surface area contributed by atoms with E-state index in [0.29, 0.717) is 34.7 Å². The van der Waals surface area contributed by atoms with Gasteiger partial charge in [0.25, 0.3) is 10.1 Å². The number of carbonyl (C=O) groups is 4. The predicted octanol–water partition coefficient (Wildman–Crippen LogP) is 3.93. The highest BCUT2D eigenvalue weighted by Crippen LogP contribution is 2.42. The molecule has 0 radical (unpaired) electrons. The first-order chi connectivity index (χ1) is 24.4. The van der Waals surface area contributed by atoms with E-state index in [1.54, 1.807) is 50.3 Å². The zero-order chi connectivity index (χ0) is 38.2. The van der Waals surface area contributed by atoms with Gasteiger partial charge in [0.1, 0.15) is 30.0 Å². The van der Waals surface area contributed by atoms with Crippen LogP contribution in [0.2, 0.25) is 5.02 Å². The predicted molar refractivity (Wildman–Crippen MR) is 194 cm³/mol. The van der Waals surface area contributed by atoms with Gasteiger partial charge in [-0.25, -0.2) is 4.79 Å². The van der Waals surface area contributed by atoms with Gasteiger partial charge in [0.2, 0.25) is 17.7 Å². The smallest absolute Gasteiger partial charge is 0.328 e. The van der Waals surface area contributed by atoms with Crippen LogP contribution < -0.4 is 20.7 Å². The summed E-state index contributed by atoms with van der Waals surface area (Å²) in [5.41, 5.74) is 1.09. The van der Waals surface area contributed by atoms with E-state index in [4.69, 9.17) is 30.0 Å². The normalized spacial score (nSPS) is 25.0. The van der Waals surface area contributed by atoms with E-state index in [-0.39, 0.29) is 44.1 Å². The Morgan fingerprint density at radius 1 is 1.00 bits per heavy atom. The number of nitrogens with one attached hydrogen (secondary N) is 3. The number of amides is 3. The molecule has 0 saturated carbocycles. The van der Waals surface area contributed by atoms with E-state index in [2.05, 4.69) is 16.0 Å². The maximum Gasteiger partial charge on any atom is 0.328 e. The Balaban J connectivity index is 1.54. The lowest BCUT2D eigenvalue weighted by atomic mass is 9.90. The fourth-order valence-corrected chi connectivity index (χ4v) is 6.30. The monoisotopic (exact) mass is 761 g/mol. The fraction of sp³-hybridized carbons (Fsp3) is 0.514. The molecule has 2 aromatic carbocycles. The third kappa shape index (κ3) is 12.3. The summed E-state index contributed by atoms with van der Waals surface area (Å²) >= 11 is 6.32. The number of esters is 1. The molecule has 52 heavy (non-hydrogen) atoms. The lowest BCUT2D eigenvalue weighted by molar-refractivity contribution is -0.154. The van der Waals surface area contributed by atoms with E-state index < -0.39 is 57.4 Å². The molecule has 3 amide bonds. The summed E-state index contributed by atoms with van der Waals surface area (Å²) in [5, 5.41) is 8.75. The molecule has 1 fully saturated rings. The zero-order valence-corrected chi connectivity index (χ0v) is 31.8. The lowest BCUT2D eigenvalue weighted by Crippen LogP contribution is -2.54. The van der Waals surface area contributed by atoms with Gasteiger partial charge in [0.15, 0.2) is 0 Å². The van der Waals surface area contributed by atoms with Gasteiger partial charge in [-0.1, -0.05) is 61.9 Å². The Bertz CT molecular complexity index is 1750. The number of cyclic esters (lactones) is 1. The van der Waals surface area contributed by atoms with Gasteiger partial charge in [-0.3, -0.25) is 18.6 Å². The number of methoxy groups -OCH3 is 1. The van der Waals surface area contributed by atoms with Crippen LogP contribution in [0.3, 0.4) is 0 Å². The first kappa shape index (κ1) is 40.8. The zero-order valence-electron chi connectivity index (χ0n) is 30.3. The van der Waals surface area contributed by atoms with Crippen molar-refractivity contribution in [2.75, 3.05) is 19.9 Å². The summed E-state index contributed by atoms with van der Waals surface area (Å²) in [6.45, 7) is 7.02. The molecule has 2 aliphatic rings. The van der Waals surface area contributed by atoms with Crippen molar-refractivity contribution in [2.24, 2.45) is 11.3 Å². The second-order valence-corrected chi connectivity index (χ2v) is 16.3. The minimum atomic E-state index is -3.58. The molecule has 2 heterocycles. The molecule has 0 spiro atoms. The highest BCUT2D eigenvalue weighted by molar-refractivity contribution is 7.85. The van der Waals surface area contributed by atoms with Gasteiger partial charge in [-0.2, -0.15) is 8.42 Å². The first-order valence-electron chi connectivity index (χ1n) is 17.1. The molecule has 0 bridgehead atoms. The molecular formula is C37H48ClN3O10S. The minimum Gasteiger partial charge on any atom is -0.495 e. The maximum absolute atomic E-state index is 13.6. The van der Waals surface area contributed by atoms with Crippen LogP contribution >= 0.6 is 11.6 Å². The fourth-order valence-electron chi connectivity index (χ4n) is 5.67. The van der Waals surface area contributed by atoms with E-state index in [9.17, 15) is 27.6 Å². The molecule has 1 saturated heterocycles. The summed E-state index contributed by atoms with van der Waals surface area (Å²) in [6.07, 6.45) is 3.47. The molecule has 15 heteroatoms. The van der Waals surface area contributed by atoms with E-state index in [1.807, 2.05) is 26.0 Å². The van der Waals surface area contributed by atoms with Crippen LogP contribution in [-0.4, -0.2) is 76.3 Å². The SMILES string of the molecule is COc1ccc(C[C@H]2NC(=O)/C=C/C[C@@H](C[C@H]3O[C@@H]3c3ccc(COS(C)(=O)=O)cc3)OC(=O)[C@H](CC(C)C)NC(=O)C(C)(C)CNC2=O)cc1Cl. The standard InChI is InChI=1S/C37H48ClN3O10S/c1-22(2)16-29-35(44)50-26(19-31-33(51-31)25-13-10-23(11-14-25)20-49-52(6,46)47)8-7-9-32(42)40-28(18-24-12-15-30(48-5)27(38)17-24)34(43)39-21-37(3,4)36(45)41-29/h7,9-15,17,22,26,28-29,31,33H,8,16,18-21H2,1-6H3,(H,39,43)(H,40,42)(H,41,45)/b9-7+/t26-,28+,29-,31+,33+/m0/s1. The summed E-state index contributed by atoms with van der Waals surface area (Å²) in [4.78, 5) is 53.8. The number of benzene rings is 2. The molecule has 3 N–H and O–H groups in total. The molecule has 0 aromatic heterocycles. The van der Waals surface area contributed by atoms with Gasteiger partial charge >= 0.3 is 5.97 Å². The second kappa shape index (κ2) is 17.7. The van der Waals surface area contributed by atoms with Crippen molar-refractivity contribution in [1.29, 1.82) is 0 Å². The van der Waals surface area contributed by atoms with Crippen molar-refractivity contribution in [3.05, 3.63) is 76.3 Å². The van der Waals surface area contributed by atoms with Crippen molar-refractivity contribution < 1.29 is 46.0 Å². The van der Waals surface area contributed by atoms with Crippen LogP contribution in [0.25, 0.3) is 0 Å². The van der Waals surface area contributed by atoms with Crippen LogP contribution in [-0.2, 0) is 56.0 Å². The van der Waals surface area contributed by atoms with Gasteiger partial charge in [-0.05, 0) is 61.1 Å². The number of halogens is 1. The molecule has 5 atom stereocenters. The number of rotatable bonds is 11. The molecule has 2 aromatic rings. The molecule has 284 valence electrons. The van der Waals surface area contributed by atoms with E-state index in [0.717, 1.165) is 11.8 Å². The Hall–Kier alpha value is -3.98. The first-order valence-corrected chi connectivity index (χ1v) is 19.3. The Kier molecular flexibility index (Phi) is 13.9. The molecular weight excluding hydrogens is 714 g/mol. The minimum absolute atomic E-state index is 0.0440. The largest absolute Gasteiger partial charge is 0.495 e. The molecule has 2 aliphatic heterocycles. The highest BCUT2D eigenvalue weighted by atomic mass is 35.5. The quantitative estimate of drug-likeness (QED) is 0.173. The van der Waals surface area contributed by atoms with Crippen molar-refractivity contribution in [1.82, 2.24) is 16.0 Å². The van der Waals surface area contributed by atoms with Crippen LogP contribution in [0.15, 0.2) is 54.6 Å². The summed E-state index contributed by atoms with van der Waals surface area (Å²) in [5.74, 6) is -1.57. The van der Waals surface area contributed by atoms with Gasteiger partial charge in [0, 0.05) is 25.8 Å². The van der Waals surface area contributed by atoms with Crippen LogP contribution in [0.4, 0.5) is 0 Å². The van der Waals surface area contributed by atoms with Crippen molar-refractivity contribution in [3.8, 4) is 5.75 Å². The van der Waals surface area contributed by atoms with E-state index >= 15 is 0 Å². The molecule has 0 unspecified atom stereocenters. The molecule has 4 rings (SSSR count). The third-order valence-corrected chi connectivity index (χ3v) is 9.52. The van der Waals surface area contributed by atoms with Crippen LogP contribution in [0.5, 0.6) is 5.75 Å². The second-order valence-electron chi connectivity index (χ2n) is 14.2. The van der Waals surface area contributed by atoms with Crippen molar-refractivity contribution in [3.63, 3.8) is 0 Å². The summed E-state index contributed by atoms with van der Waals surface area (Å²) < 4.78 is 44.7. The van der Waals surface area contributed by atoms with Gasteiger partial charge in [-0.15, -0.1) is 0 Å². The highest BCUT2D eigenvalue weighted by Gasteiger charge is 2.43. The average Bonchev–Trinajstić information content (AvgIpc) is 3.83. The van der Waals surface area contributed by atoms with Crippen LogP contribution in [0.1, 0.15) is 69.8 Å². The summed E-state index contributed by atoms with van der Waals surface area (Å²) in [6, 6.07) is 10.3. The van der Waals surface area contributed by atoms with Crippen molar-refractivity contribution >= 4 is 45.4 Å². The van der Waals surface area contributed by atoms with Gasteiger partial charge in [0.05, 0.1) is 36.5 Å². The number of epoxide rings is 1. The van der Waals surface area contributed by atoms with Crippen LogP contribution in [0, 0.1) is 11.3 Å². The van der Waals surface area contributed by atoms with Crippen molar-refractivity contribution in [2.45, 2.75) is 90.4 Å². The number of ether oxygens (including phenoxy) is 3. The number of carbonyl (C=O) groups excluding carboxylic acids is 4. The average molecular weight is 762 g/mol. The summed E-state index contributed by atoms with van der Waals surface area (Å²) in [7, 11) is -2.08. The lowest BCUT2D eigenvalue weighted by Gasteiger charge is -2.29. The Morgan fingerprint density at radius 2 is 1.69 bits per heavy atom. The third-order valence-electron chi connectivity index (χ3n) is 8.68. The molecule has 0 aliphatic carbocycles. The topological polar surface area (TPSA) is 179 Å². The Labute approximate surface area is 310 Å². The maximum atomic E-state index is 13.6.